The van der Waals surface area contributed by atoms with Gasteiger partial charge in [0.05, 0.1) is 0 Å². The average Bonchev–Trinajstić information content (AvgIpc) is 2.61. The molecule has 0 amide bonds. The van der Waals surface area contributed by atoms with Gasteiger partial charge in [0, 0.05) is 0 Å². The van der Waals surface area contributed by atoms with Crippen molar-refractivity contribution in [2.24, 2.45) is 0 Å². The Hall–Kier alpha value is 0.289. The van der Waals surface area contributed by atoms with E-state index >= 15 is 0 Å². The first kappa shape index (κ1) is 17.3. The summed E-state index contributed by atoms with van der Waals surface area (Å²) in [7, 11) is 0.446. The second-order valence-electron chi connectivity index (χ2n) is 4.12. The van der Waals surface area contributed by atoms with Gasteiger partial charge in [-0.15, -0.1) is 7.92 Å². The molecule has 1 atom stereocenters. The average molecular weight is 307 g/mol. The molecule has 0 saturated heterocycles. The first-order valence-electron chi connectivity index (χ1n) is 6.40. The van der Waals surface area contributed by atoms with E-state index in [1.54, 1.807) is 0 Å². The van der Waals surface area contributed by atoms with Crippen molar-refractivity contribution in [1.82, 2.24) is 0 Å². The van der Waals surface area contributed by atoms with Crippen molar-refractivity contribution in [3.63, 3.8) is 0 Å². The van der Waals surface area contributed by atoms with Crippen LogP contribution in [0.1, 0.15) is 47.0 Å². The summed E-state index contributed by atoms with van der Waals surface area (Å²) in [6, 6.07) is 0. The van der Waals surface area contributed by atoms with Crippen molar-refractivity contribution in [3.05, 3.63) is 0 Å². The van der Waals surface area contributed by atoms with E-state index in [1.165, 1.54) is 18.5 Å². The van der Waals surface area contributed by atoms with Crippen molar-refractivity contribution < 1.29 is 25.6 Å². The van der Waals surface area contributed by atoms with E-state index in [2.05, 4.69) is 20.8 Å². The van der Waals surface area contributed by atoms with E-state index < -0.39 is 4.31 Å². The molecular weight excluding hydrogens is 283 g/mol. The van der Waals surface area contributed by atoms with Gasteiger partial charge in [0.25, 0.3) is 0 Å². The Labute approximate surface area is 115 Å². The van der Waals surface area contributed by atoms with Crippen LogP contribution in [0, 0.1) is 0 Å². The molecule has 0 spiro atoms. The fourth-order valence-electron chi connectivity index (χ4n) is 1.78. The quantitative estimate of drug-likeness (QED) is 0.452. The Balaban J connectivity index is 0.000000325. The third kappa shape index (κ3) is 5.20. The molecule has 4 heteroatoms. The van der Waals surface area contributed by atoms with Crippen LogP contribution in [0.4, 0.5) is 0 Å². The van der Waals surface area contributed by atoms with Crippen molar-refractivity contribution in [2.75, 3.05) is 18.5 Å². The Morgan fingerprint density at radius 1 is 1.12 bits per heavy atom. The van der Waals surface area contributed by atoms with E-state index in [0.29, 0.717) is 27.2 Å². The summed E-state index contributed by atoms with van der Waals surface area (Å²) in [4.78, 5) is 21.7. The van der Waals surface area contributed by atoms with E-state index in [1.807, 2.05) is 6.92 Å². The topological polar surface area (TPSA) is 34.1 Å². The van der Waals surface area contributed by atoms with Gasteiger partial charge in [-0.25, -0.2) is 0 Å². The molecule has 0 aromatic carbocycles. The molecule has 0 aliphatic heterocycles. The zero-order valence-corrected chi connectivity index (χ0v) is 13.1. The third-order valence-electron chi connectivity index (χ3n) is 3.25. The van der Waals surface area contributed by atoms with Gasteiger partial charge in [0.1, 0.15) is 0 Å². The molecule has 0 bridgehead atoms. The predicted octanol–water partition coefficient (Wildman–Crippen LogP) is 3.56. The summed E-state index contributed by atoms with van der Waals surface area (Å²) in [6.45, 7) is 8.72. The Kier molecular flexibility index (Phi) is 8.54. The molecule has 0 radical (unpaired) electrons. The third-order valence-corrected chi connectivity index (χ3v) is 6.71. The maximum atomic E-state index is 11.0. The Morgan fingerprint density at radius 3 is 1.71 bits per heavy atom. The molecule has 1 unspecified atom stereocenters. The second kappa shape index (κ2) is 8.40. The monoisotopic (exact) mass is 306 g/mol. The Morgan fingerprint density at radius 2 is 1.59 bits per heavy atom. The van der Waals surface area contributed by atoms with Crippen LogP contribution in [0.25, 0.3) is 0 Å². The van der Waals surface area contributed by atoms with Crippen LogP contribution in [0.3, 0.4) is 0 Å². The predicted molar refractivity (Wildman–Crippen MR) is 70.8 cm³/mol. The number of Topliss-reactive ketones (excluding diaryl/α,β-unsaturated/α-hetero) is 2. The van der Waals surface area contributed by atoms with E-state index in [0.717, 1.165) is 0 Å². The standard InChI is InChI=1S/C7H9O2.C6H15P.Cu/c1-2-5-3-4-6(8)7(5)9;1-4-7(5-2)6-3;/h2-4H2,1H3;4-6H2,1-3H3;. The fraction of sp³-hybridized carbons (Fsp3) is 0.846. The van der Waals surface area contributed by atoms with E-state index in [9.17, 15) is 9.59 Å². The molecular formula is C13H24CuO2P. The summed E-state index contributed by atoms with van der Waals surface area (Å²) in [5.41, 5.74) is 0. The molecule has 104 valence electrons. The maximum absolute atomic E-state index is 11.0. The van der Waals surface area contributed by atoms with Crippen LogP contribution in [-0.4, -0.2) is 30.1 Å². The Bertz CT molecular complexity index is 259. The number of carbonyl (C=O) groups excluding carboxylic acids is 2. The number of carbonyl (C=O) groups is 2. The molecule has 1 aliphatic rings. The van der Waals surface area contributed by atoms with Gasteiger partial charge in [-0.3, -0.25) is 0 Å². The molecule has 1 aliphatic carbocycles. The number of hydrogen-bond acceptors (Lipinski definition) is 2. The molecule has 1 fully saturated rings. The first-order chi connectivity index (χ1) is 7.95. The summed E-state index contributed by atoms with van der Waals surface area (Å²) >= 11 is 5.15. The minimum absolute atomic E-state index is 0.286. The van der Waals surface area contributed by atoms with Crippen molar-refractivity contribution in [3.8, 4) is 0 Å². The number of hydrogen-bond donors (Lipinski definition) is 0. The molecule has 0 heterocycles. The molecule has 17 heavy (non-hydrogen) atoms. The van der Waals surface area contributed by atoms with Crippen LogP contribution in [0.15, 0.2) is 0 Å². The fourth-order valence-corrected chi connectivity index (χ4v) is 3.37. The van der Waals surface area contributed by atoms with Gasteiger partial charge in [0.2, 0.25) is 0 Å². The minimum atomic E-state index is -0.760. The van der Waals surface area contributed by atoms with Crippen LogP contribution in [0.5, 0.6) is 0 Å². The molecule has 0 aromatic rings. The zero-order chi connectivity index (χ0) is 13.5. The normalized spacial score (nSPS) is 23.9. The van der Waals surface area contributed by atoms with Gasteiger partial charge in [0.15, 0.2) is 0 Å². The summed E-state index contributed by atoms with van der Waals surface area (Å²) < 4.78 is -0.760. The van der Waals surface area contributed by atoms with Crippen LogP contribution >= 0.6 is 7.92 Å². The molecule has 1 saturated carbocycles. The van der Waals surface area contributed by atoms with Crippen molar-refractivity contribution >= 4 is 19.5 Å². The summed E-state index contributed by atoms with van der Waals surface area (Å²) in [6.07, 6.45) is 5.76. The summed E-state index contributed by atoms with van der Waals surface area (Å²) in [5, 5.41) is 0. The van der Waals surface area contributed by atoms with Gasteiger partial charge in [-0.1, -0.05) is 20.8 Å². The SMILES string of the molecule is CCP(CC)CC.CC[C]1([Cu])CCC(=O)C1=O. The van der Waals surface area contributed by atoms with Gasteiger partial charge < -0.3 is 0 Å². The van der Waals surface area contributed by atoms with Crippen LogP contribution in [0.2, 0.25) is 4.31 Å². The first-order valence-corrected chi connectivity index (χ1v) is 8.76. The molecule has 1 rings (SSSR count). The van der Waals surface area contributed by atoms with Crippen molar-refractivity contribution in [2.45, 2.75) is 51.3 Å². The number of rotatable bonds is 4. The van der Waals surface area contributed by atoms with Gasteiger partial charge >= 0.3 is 67.7 Å². The van der Waals surface area contributed by atoms with Gasteiger partial charge in [-0.05, 0) is 18.5 Å². The molecule has 0 aromatic heterocycles. The number of ketones is 2. The molecule has 2 nitrogen and oxygen atoms in total. The van der Waals surface area contributed by atoms with E-state index in [4.69, 9.17) is 16.0 Å². The second-order valence-corrected chi connectivity index (χ2v) is 8.26. The van der Waals surface area contributed by atoms with E-state index in [-0.39, 0.29) is 11.6 Å². The van der Waals surface area contributed by atoms with Crippen molar-refractivity contribution in [1.29, 1.82) is 0 Å². The van der Waals surface area contributed by atoms with Gasteiger partial charge in [-0.2, -0.15) is 0 Å². The molecule has 0 N–H and O–H groups in total. The summed E-state index contributed by atoms with van der Waals surface area (Å²) in [5.74, 6) is -0.638. The van der Waals surface area contributed by atoms with Crippen LogP contribution < -0.4 is 0 Å². The zero-order valence-electron chi connectivity index (χ0n) is 11.3. The van der Waals surface area contributed by atoms with Crippen LogP contribution in [-0.2, 0) is 25.6 Å².